The molecule has 0 radical (unpaired) electrons. The molecule has 37 heavy (non-hydrogen) atoms. The van der Waals surface area contributed by atoms with Crippen molar-refractivity contribution in [3.8, 4) is 5.75 Å². The Morgan fingerprint density at radius 2 is 1.24 bits per heavy atom. The third-order valence-corrected chi connectivity index (χ3v) is 7.43. The van der Waals surface area contributed by atoms with Crippen LogP contribution in [-0.2, 0) is 4.79 Å². The Kier molecular flexibility index (Phi) is 15.3. The number of benzene rings is 1. The van der Waals surface area contributed by atoms with Crippen LogP contribution in [0.5, 0.6) is 5.75 Å². The smallest absolute Gasteiger partial charge is 0.308 e. The van der Waals surface area contributed by atoms with Gasteiger partial charge in [-0.25, -0.2) is 0 Å². The molecule has 0 saturated carbocycles. The lowest BCUT2D eigenvalue weighted by Gasteiger charge is -2.09. The third-order valence-electron chi connectivity index (χ3n) is 7.43. The van der Waals surface area contributed by atoms with Crippen LogP contribution in [0.3, 0.4) is 0 Å². The molecule has 0 atom stereocenters. The summed E-state index contributed by atoms with van der Waals surface area (Å²) in [6.45, 7) is 7.91. The number of hydrogen-bond donors (Lipinski definition) is 0. The Morgan fingerprint density at radius 3 is 1.70 bits per heavy atom. The average molecular weight is 512 g/mol. The molecular formula is C33H53NO3. The van der Waals surface area contributed by atoms with Gasteiger partial charge in [0.15, 0.2) is 5.78 Å². The largest absolute Gasteiger partial charge is 0.427 e. The van der Waals surface area contributed by atoms with Crippen molar-refractivity contribution < 1.29 is 14.3 Å². The summed E-state index contributed by atoms with van der Waals surface area (Å²) in [5.74, 6) is 0.331. The summed E-state index contributed by atoms with van der Waals surface area (Å²) in [7, 11) is 0. The molecule has 0 amide bonds. The second-order valence-electron chi connectivity index (χ2n) is 11.1. The number of hydrogen-bond acceptors (Lipinski definition) is 3. The van der Waals surface area contributed by atoms with Gasteiger partial charge in [-0.3, -0.25) is 9.59 Å². The van der Waals surface area contributed by atoms with Crippen molar-refractivity contribution in [3.05, 3.63) is 30.0 Å². The summed E-state index contributed by atoms with van der Waals surface area (Å²) >= 11 is 0. The fourth-order valence-electron chi connectivity index (χ4n) is 5.26. The number of ketones is 1. The molecule has 1 aromatic heterocycles. The van der Waals surface area contributed by atoms with Crippen LogP contribution < -0.4 is 4.74 Å². The maximum Gasteiger partial charge on any atom is 0.308 e. The Bertz CT molecular complexity index is 927. The van der Waals surface area contributed by atoms with Gasteiger partial charge in [-0.15, -0.1) is 0 Å². The number of aromatic nitrogens is 1. The maximum atomic E-state index is 13.1. The summed E-state index contributed by atoms with van der Waals surface area (Å²) in [4.78, 5) is 24.4. The van der Waals surface area contributed by atoms with Gasteiger partial charge in [0, 0.05) is 42.0 Å². The molecule has 0 aliphatic rings. The number of fused-ring (bicyclic) bond motifs is 1. The summed E-state index contributed by atoms with van der Waals surface area (Å²) in [6.07, 6.45) is 25.3. The summed E-state index contributed by atoms with van der Waals surface area (Å²) in [6, 6.07) is 5.83. The molecule has 2 aromatic rings. The van der Waals surface area contributed by atoms with Gasteiger partial charge in [-0.1, -0.05) is 110 Å². The number of nitrogens with zero attached hydrogens (tertiary/aromatic N) is 1. The van der Waals surface area contributed by atoms with Crippen molar-refractivity contribution in [2.45, 2.75) is 149 Å². The Hall–Kier alpha value is -2.10. The molecule has 1 heterocycles. The molecule has 0 spiro atoms. The van der Waals surface area contributed by atoms with Crippen molar-refractivity contribution in [1.29, 1.82) is 0 Å². The minimum absolute atomic E-state index is 0.185. The number of carbonyl (C=O) groups excluding carboxylic acids is 2. The van der Waals surface area contributed by atoms with E-state index in [0.29, 0.717) is 12.2 Å². The normalized spacial score (nSPS) is 11.5. The zero-order valence-electron chi connectivity index (χ0n) is 24.3. The monoisotopic (exact) mass is 511 g/mol. The number of esters is 1. The van der Waals surface area contributed by atoms with Crippen LogP contribution >= 0.6 is 0 Å². The van der Waals surface area contributed by atoms with Crippen LogP contribution in [0.15, 0.2) is 24.4 Å². The first-order valence-electron chi connectivity index (χ1n) is 15.3. The van der Waals surface area contributed by atoms with Gasteiger partial charge in [0.05, 0.1) is 0 Å². The minimum Gasteiger partial charge on any atom is -0.427 e. The van der Waals surface area contributed by atoms with E-state index in [1.807, 2.05) is 18.3 Å². The highest BCUT2D eigenvalue weighted by molar-refractivity contribution is 6.08. The molecule has 0 saturated heterocycles. The highest BCUT2D eigenvalue weighted by atomic mass is 16.5. The molecular weight excluding hydrogens is 458 g/mol. The zero-order chi connectivity index (χ0) is 26.9. The Balaban J connectivity index is 1.59. The number of ether oxygens (including phenoxy) is 1. The predicted octanol–water partition coefficient (Wildman–Crippen LogP) is 10.4. The third kappa shape index (κ3) is 11.9. The first-order chi connectivity index (χ1) is 17.9. The van der Waals surface area contributed by atoms with E-state index in [-0.39, 0.29) is 17.8 Å². The molecule has 0 unspecified atom stereocenters. The van der Waals surface area contributed by atoms with Crippen molar-refractivity contribution in [2.24, 2.45) is 0 Å². The lowest BCUT2D eigenvalue weighted by molar-refractivity contribution is -0.131. The fourth-order valence-corrected chi connectivity index (χ4v) is 5.26. The SMILES string of the molecule is CCCCCCCCCCCCCCCCCCCC(=O)c1cn(C(C)C)c2ccc(OC(C)=O)cc12. The molecule has 1 aromatic carbocycles. The number of unbranched alkanes of at least 4 members (excludes halogenated alkanes) is 16. The topological polar surface area (TPSA) is 48.3 Å². The summed E-state index contributed by atoms with van der Waals surface area (Å²) in [5.41, 5.74) is 1.76. The Morgan fingerprint density at radius 1 is 0.757 bits per heavy atom. The van der Waals surface area contributed by atoms with Gasteiger partial charge in [0.1, 0.15) is 5.75 Å². The molecule has 4 nitrogen and oxygen atoms in total. The molecule has 0 N–H and O–H groups in total. The van der Waals surface area contributed by atoms with Crippen LogP contribution in [-0.4, -0.2) is 16.3 Å². The van der Waals surface area contributed by atoms with E-state index in [1.54, 1.807) is 6.07 Å². The molecule has 0 fully saturated rings. The minimum atomic E-state index is -0.348. The van der Waals surface area contributed by atoms with E-state index < -0.39 is 0 Å². The quantitative estimate of drug-likeness (QED) is 0.0724. The van der Waals surface area contributed by atoms with Gasteiger partial charge in [0.25, 0.3) is 0 Å². The standard InChI is InChI=1S/C33H53NO3/c1-5-6-7-8-9-10-11-12-13-14-15-16-17-18-19-20-21-22-33(36)31-26-34(27(2)3)32-24-23-29(25-30(31)32)37-28(4)35/h23-27H,5-22H2,1-4H3. The second kappa shape index (κ2) is 18.2. The first kappa shape index (κ1) is 31.1. The lowest BCUT2D eigenvalue weighted by atomic mass is 10.0. The zero-order valence-corrected chi connectivity index (χ0v) is 24.3. The Labute approximate surface area is 226 Å². The molecule has 0 aliphatic carbocycles. The van der Waals surface area contributed by atoms with Crippen molar-refractivity contribution in [2.75, 3.05) is 0 Å². The maximum absolute atomic E-state index is 13.1. The molecule has 2 rings (SSSR count). The van der Waals surface area contributed by atoms with E-state index in [9.17, 15) is 9.59 Å². The fraction of sp³-hybridized carbons (Fsp3) is 0.697. The summed E-state index contributed by atoms with van der Waals surface area (Å²) in [5, 5.41) is 0.879. The van der Waals surface area contributed by atoms with E-state index >= 15 is 0 Å². The molecule has 208 valence electrons. The van der Waals surface area contributed by atoms with Crippen LogP contribution in [0.25, 0.3) is 10.9 Å². The molecule has 0 bridgehead atoms. The van der Waals surface area contributed by atoms with Gasteiger partial charge in [-0.2, -0.15) is 0 Å². The van der Waals surface area contributed by atoms with Gasteiger partial charge in [0.2, 0.25) is 0 Å². The number of Topliss-reactive ketones (excluding diaryl/α,β-unsaturated/α-hetero) is 1. The van der Waals surface area contributed by atoms with E-state index in [2.05, 4.69) is 25.3 Å². The molecule has 4 heteroatoms. The van der Waals surface area contributed by atoms with Crippen LogP contribution in [0.2, 0.25) is 0 Å². The first-order valence-corrected chi connectivity index (χ1v) is 15.3. The average Bonchev–Trinajstić information content (AvgIpc) is 3.25. The van der Waals surface area contributed by atoms with Crippen molar-refractivity contribution in [1.82, 2.24) is 4.57 Å². The van der Waals surface area contributed by atoms with E-state index in [4.69, 9.17) is 4.74 Å². The predicted molar refractivity (Wildman–Crippen MR) is 157 cm³/mol. The highest BCUT2D eigenvalue weighted by Crippen LogP contribution is 2.30. The van der Waals surface area contributed by atoms with Crippen LogP contribution in [0.4, 0.5) is 0 Å². The van der Waals surface area contributed by atoms with Crippen LogP contribution in [0.1, 0.15) is 160 Å². The summed E-state index contributed by atoms with van der Waals surface area (Å²) < 4.78 is 7.40. The second-order valence-corrected chi connectivity index (χ2v) is 11.1. The highest BCUT2D eigenvalue weighted by Gasteiger charge is 2.17. The van der Waals surface area contributed by atoms with Crippen molar-refractivity contribution >= 4 is 22.7 Å². The van der Waals surface area contributed by atoms with E-state index in [1.165, 1.54) is 103 Å². The number of rotatable bonds is 21. The number of carbonyl (C=O) groups is 2. The van der Waals surface area contributed by atoms with E-state index in [0.717, 1.165) is 29.3 Å². The van der Waals surface area contributed by atoms with Crippen LogP contribution in [0, 0.1) is 0 Å². The lowest BCUT2D eigenvalue weighted by Crippen LogP contribution is -2.01. The molecule has 0 aliphatic heterocycles. The van der Waals surface area contributed by atoms with Gasteiger partial charge < -0.3 is 9.30 Å². The van der Waals surface area contributed by atoms with Crippen molar-refractivity contribution in [3.63, 3.8) is 0 Å². The van der Waals surface area contributed by atoms with Gasteiger partial charge in [-0.05, 0) is 38.5 Å². The van der Waals surface area contributed by atoms with Gasteiger partial charge >= 0.3 is 5.97 Å².